The Labute approximate surface area is 140 Å². The smallest absolute Gasteiger partial charge is 0.275 e. The lowest BCUT2D eigenvalue weighted by molar-refractivity contribution is 0.0717. The standard InChI is InChI=1S/C18H21N5O/c1-12-10-13(2)23(21-12)11-14-6-5-9-22(14)18(24)17-15-7-3-4-8-16(15)19-20-17/h3-4,7-8,10,14H,5-6,9,11H2,1-2H3,(H,19,20)/t14-/m0/s1. The van der Waals surface area contributed by atoms with Gasteiger partial charge in [0.15, 0.2) is 5.69 Å². The number of rotatable bonds is 3. The number of nitrogens with zero attached hydrogens (tertiary/aromatic N) is 4. The molecule has 1 aromatic carbocycles. The van der Waals surface area contributed by atoms with E-state index >= 15 is 0 Å². The van der Waals surface area contributed by atoms with E-state index in [-0.39, 0.29) is 11.9 Å². The molecule has 0 unspecified atom stereocenters. The Morgan fingerprint density at radius 3 is 2.96 bits per heavy atom. The fourth-order valence-corrected chi connectivity index (χ4v) is 3.61. The molecule has 0 bridgehead atoms. The van der Waals surface area contributed by atoms with Gasteiger partial charge in [0, 0.05) is 17.6 Å². The van der Waals surface area contributed by atoms with Gasteiger partial charge in [-0.25, -0.2) is 0 Å². The molecule has 1 amide bonds. The molecule has 6 nitrogen and oxygen atoms in total. The molecule has 1 fully saturated rings. The van der Waals surface area contributed by atoms with Crippen LogP contribution in [0.25, 0.3) is 10.9 Å². The third-order valence-electron chi connectivity index (χ3n) is 4.80. The summed E-state index contributed by atoms with van der Waals surface area (Å²) >= 11 is 0. The van der Waals surface area contributed by atoms with E-state index in [1.165, 1.54) is 0 Å². The number of carbonyl (C=O) groups is 1. The minimum absolute atomic E-state index is 0.0106. The first kappa shape index (κ1) is 14.9. The van der Waals surface area contributed by atoms with Crippen LogP contribution < -0.4 is 0 Å². The number of fused-ring (bicyclic) bond motifs is 1. The lowest BCUT2D eigenvalue weighted by Gasteiger charge is -2.24. The minimum atomic E-state index is 0.0106. The lowest BCUT2D eigenvalue weighted by Crippen LogP contribution is -2.38. The van der Waals surface area contributed by atoms with E-state index in [9.17, 15) is 4.79 Å². The number of aromatic amines is 1. The van der Waals surface area contributed by atoms with Gasteiger partial charge in [0.25, 0.3) is 5.91 Å². The molecule has 0 spiro atoms. The van der Waals surface area contributed by atoms with E-state index < -0.39 is 0 Å². The second-order valence-electron chi connectivity index (χ2n) is 6.52. The van der Waals surface area contributed by atoms with Gasteiger partial charge >= 0.3 is 0 Å². The summed E-state index contributed by atoms with van der Waals surface area (Å²) in [6.07, 6.45) is 2.03. The number of aromatic nitrogens is 4. The Kier molecular flexibility index (Phi) is 3.59. The van der Waals surface area contributed by atoms with Crippen molar-refractivity contribution >= 4 is 16.8 Å². The summed E-state index contributed by atoms with van der Waals surface area (Å²) in [4.78, 5) is 15.0. The minimum Gasteiger partial charge on any atom is -0.332 e. The third-order valence-corrected chi connectivity index (χ3v) is 4.80. The van der Waals surface area contributed by atoms with Crippen LogP contribution in [0.4, 0.5) is 0 Å². The second kappa shape index (κ2) is 5.78. The van der Waals surface area contributed by atoms with Crippen LogP contribution in [-0.4, -0.2) is 43.4 Å². The van der Waals surface area contributed by atoms with Crippen molar-refractivity contribution in [3.05, 3.63) is 47.4 Å². The van der Waals surface area contributed by atoms with Gasteiger partial charge in [-0.3, -0.25) is 14.6 Å². The van der Waals surface area contributed by atoms with Gasteiger partial charge in [-0.05, 0) is 38.8 Å². The zero-order chi connectivity index (χ0) is 16.7. The summed E-state index contributed by atoms with van der Waals surface area (Å²) in [7, 11) is 0. The van der Waals surface area contributed by atoms with E-state index in [0.717, 1.165) is 48.2 Å². The summed E-state index contributed by atoms with van der Waals surface area (Å²) in [6.45, 7) is 5.58. The molecular weight excluding hydrogens is 302 g/mol. The summed E-state index contributed by atoms with van der Waals surface area (Å²) in [5.41, 5.74) is 3.57. The number of carbonyl (C=O) groups excluding carboxylic acids is 1. The normalized spacial score (nSPS) is 17.8. The fourth-order valence-electron chi connectivity index (χ4n) is 3.61. The quantitative estimate of drug-likeness (QED) is 0.806. The number of amides is 1. The van der Waals surface area contributed by atoms with Gasteiger partial charge in [0.05, 0.1) is 23.8 Å². The Balaban J connectivity index is 1.60. The molecular formula is C18H21N5O. The van der Waals surface area contributed by atoms with E-state index in [1.807, 2.05) is 40.8 Å². The molecule has 1 N–H and O–H groups in total. The molecule has 1 aliphatic heterocycles. The monoisotopic (exact) mass is 323 g/mol. The predicted molar refractivity (Wildman–Crippen MR) is 91.9 cm³/mol. The summed E-state index contributed by atoms with van der Waals surface area (Å²) in [5.74, 6) is 0.0106. The maximum atomic E-state index is 13.0. The molecule has 124 valence electrons. The van der Waals surface area contributed by atoms with Crippen LogP contribution in [0.1, 0.15) is 34.7 Å². The number of hydrogen-bond donors (Lipinski definition) is 1. The molecule has 6 heteroatoms. The van der Waals surface area contributed by atoms with Crippen molar-refractivity contribution in [1.29, 1.82) is 0 Å². The number of H-pyrrole nitrogens is 1. The molecule has 1 aliphatic rings. The number of benzene rings is 1. The molecule has 24 heavy (non-hydrogen) atoms. The molecule has 3 aromatic rings. The number of para-hydroxylation sites is 1. The zero-order valence-corrected chi connectivity index (χ0v) is 14.0. The largest absolute Gasteiger partial charge is 0.332 e. The summed E-state index contributed by atoms with van der Waals surface area (Å²) < 4.78 is 2.01. The van der Waals surface area contributed by atoms with Crippen LogP contribution in [0.5, 0.6) is 0 Å². The number of hydrogen-bond acceptors (Lipinski definition) is 3. The van der Waals surface area contributed by atoms with Gasteiger partial charge in [-0.2, -0.15) is 10.2 Å². The van der Waals surface area contributed by atoms with Crippen LogP contribution in [-0.2, 0) is 6.54 Å². The molecule has 4 rings (SSSR count). The highest BCUT2D eigenvalue weighted by molar-refractivity contribution is 6.04. The Bertz CT molecular complexity index is 894. The molecule has 1 saturated heterocycles. The maximum Gasteiger partial charge on any atom is 0.275 e. The van der Waals surface area contributed by atoms with Crippen LogP contribution in [0, 0.1) is 13.8 Å². The van der Waals surface area contributed by atoms with Crippen molar-refractivity contribution in [2.75, 3.05) is 6.54 Å². The lowest BCUT2D eigenvalue weighted by atomic mass is 10.1. The highest BCUT2D eigenvalue weighted by Gasteiger charge is 2.32. The molecule has 3 heterocycles. The van der Waals surface area contributed by atoms with Crippen LogP contribution in [0.15, 0.2) is 30.3 Å². The van der Waals surface area contributed by atoms with E-state index in [0.29, 0.717) is 5.69 Å². The predicted octanol–water partition coefficient (Wildman–Crippen LogP) is 2.68. The SMILES string of the molecule is Cc1cc(C)n(C[C@@H]2CCCN2C(=O)c2n[nH]c3ccccc23)n1. The van der Waals surface area contributed by atoms with Crippen molar-refractivity contribution in [2.45, 2.75) is 39.3 Å². The van der Waals surface area contributed by atoms with Crippen LogP contribution >= 0.6 is 0 Å². The van der Waals surface area contributed by atoms with Crippen molar-refractivity contribution in [3.63, 3.8) is 0 Å². The number of likely N-dealkylation sites (tertiary alicyclic amines) is 1. The molecule has 1 atom stereocenters. The molecule has 0 aliphatic carbocycles. The van der Waals surface area contributed by atoms with Crippen LogP contribution in [0.3, 0.4) is 0 Å². The van der Waals surface area contributed by atoms with Crippen molar-refractivity contribution in [3.8, 4) is 0 Å². The first-order valence-corrected chi connectivity index (χ1v) is 8.38. The average Bonchev–Trinajstić information content (AvgIpc) is 3.26. The van der Waals surface area contributed by atoms with Gasteiger partial charge in [0.1, 0.15) is 0 Å². The summed E-state index contributed by atoms with van der Waals surface area (Å²) in [5, 5.41) is 12.6. The van der Waals surface area contributed by atoms with E-state index in [4.69, 9.17) is 0 Å². The Hall–Kier alpha value is -2.63. The third kappa shape index (κ3) is 2.48. The zero-order valence-electron chi connectivity index (χ0n) is 14.0. The van der Waals surface area contributed by atoms with Gasteiger partial charge < -0.3 is 4.90 Å². The highest BCUT2D eigenvalue weighted by atomic mass is 16.2. The van der Waals surface area contributed by atoms with Gasteiger partial charge in [0.2, 0.25) is 0 Å². The second-order valence-corrected chi connectivity index (χ2v) is 6.52. The Morgan fingerprint density at radius 1 is 1.33 bits per heavy atom. The fraction of sp³-hybridized carbons (Fsp3) is 0.389. The van der Waals surface area contributed by atoms with Crippen molar-refractivity contribution < 1.29 is 4.79 Å². The maximum absolute atomic E-state index is 13.0. The summed E-state index contributed by atoms with van der Waals surface area (Å²) in [6, 6.07) is 10.0. The molecule has 2 aromatic heterocycles. The molecule has 0 radical (unpaired) electrons. The highest BCUT2D eigenvalue weighted by Crippen LogP contribution is 2.24. The molecule has 0 saturated carbocycles. The first-order valence-electron chi connectivity index (χ1n) is 8.38. The first-order chi connectivity index (χ1) is 11.6. The number of nitrogens with one attached hydrogen (secondary N) is 1. The number of aryl methyl sites for hydroxylation is 2. The van der Waals surface area contributed by atoms with Gasteiger partial charge in [-0.15, -0.1) is 0 Å². The van der Waals surface area contributed by atoms with Gasteiger partial charge in [-0.1, -0.05) is 18.2 Å². The van der Waals surface area contributed by atoms with Crippen molar-refractivity contribution in [2.24, 2.45) is 0 Å². The van der Waals surface area contributed by atoms with Crippen molar-refractivity contribution in [1.82, 2.24) is 24.9 Å². The topological polar surface area (TPSA) is 66.8 Å². The van der Waals surface area contributed by atoms with E-state index in [2.05, 4.69) is 28.3 Å². The Morgan fingerprint density at radius 2 is 2.17 bits per heavy atom. The average molecular weight is 323 g/mol. The van der Waals surface area contributed by atoms with E-state index in [1.54, 1.807) is 0 Å². The van der Waals surface area contributed by atoms with Crippen LogP contribution in [0.2, 0.25) is 0 Å².